The maximum atomic E-state index is 13.1. The zero-order valence-electron chi connectivity index (χ0n) is 13.2. The van der Waals surface area contributed by atoms with E-state index in [0.717, 1.165) is 0 Å². The van der Waals surface area contributed by atoms with Crippen molar-refractivity contribution in [3.63, 3.8) is 0 Å². The largest absolute Gasteiger partial charge is 0.454 e. The highest BCUT2D eigenvalue weighted by atomic mass is 35.5. The Morgan fingerprint density at radius 2 is 1.92 bits per heavy atom. The normalized spacial score (nSPS) is 12.9. The number of ketones is 1. The number of ether oxygens (including phenoxy) is 2. The first-order valence-electron chi connectivity index (χ1n) is 7.25. The fourth-order valence-corrected chi connectivity index (χ4v) is 3.54. The van der Waals surface area contributed by atoms with Crippen LogP contribution in [0, 0.1) is 6.92 Å². The summed E-state index contributed by atoms with van der Waals surface area (Å²) in [4.78, 5) is 16.9. The molecule has 26 heavy (non-hydrogen) atoms. The number of halogens is 4. The van der Waals surface area contributed by atoms with Crippen LogP contribution >= 0.6 is 23.7 Å². The summed E-state index contributed by atoms with van der Waals surface area (Å²) in [5.74, 6) is -1.00. The summed E-state index contributed by atoms with van der Waals surface area (Å²) in [6.07, 6.45) is -4.98. The fraction of sp³-hybridized carbons (Fsp3) is 0.176. The van der Waals surface area contributed by atoms with Gasteiger partial charge < -0.3 is 9.47 Å². The van der Waals surface area contributed by atoms with Gasteiger partial charge in [0.1, 0.15) is 0 Å². The van der Waals surface area contributed by atoms with Crippen molar-refractivity contribution in [1.29, 1.82) is 0 Å². The summed E-state index contributed by atoms with van der Waals surface area (Å²) in [5, 5.41) is 2.15. The van der Waals surface area contributed by atoms with Gasteiger partial charge in [-0.3, -0.25) is 4.79 Å². The smallest absolute Gasteiger partial charge is 0.454 e. The lowest BCUT2D eigenvalue weighted by Gasteiger charge is -2.15. The standard InChI is InChI=1S/C17H10F3NO3S.ClH/c1-8-9-5-11-12(24-7-23-11)6-10(9)21-15(13-3-2-4-25-13)14(8)16(22)17(18,19)20;/h2-6H,7H2,1H3;1H. The Morgan fingerprint density at radius 1 is 1.23 bits per heavy atom. The van der Waals surface area contributed by atoms with Gasteiger partial charge in [0.05, 0.1) is 21.7 Å². The van der Waals surface area contributed by atoms with Crippen LogP contribution in [0.5, 0.6) is 11.5 Å². The van der Waals surface area contributed by atoms with Gasteiger partial charge in [0, 0.05) is 11.5 Å². The minimum atomic E-state index is -4.98. The summed E-state index contributed by atoms with van der Waals surface area (Å²) in [6, 6.07) is 6.51. The molecule has 136 valence electrons. The molecular formula is C17H11ClF3NO3S. The fourth-order valence-electron chi connectivity index (χ4n) is 2.82. The van der Waals surface area contributed by atoms with E-state index in [1.165, 1.54) is 18.3 Å². The van der Waals surface area contributed by atoms with Gasteiger partial charge >= 0.3 is 6.18 Å². The molecule has 1 aromatic carbocycles. The van der Waals surface area contributed by atoms with Crippen molar-refractivity contribution in [2.75, 3.05) is 6.79 Å². The van der Waals surface area contributed by atoms with E-state index in [-0.39, 0.29) is 30.5 Å². The Bertz CT molecular complexity index is 1000. The summed E-state index contributed by atoms with van der Waals surface area (Å²) >= 11 is 1.22. The third-order valence-corrected chi connectivity index (χ3v) is 4.85. The van der Waals surface area contributed by atoms with Crippen LogP contribution in [0.25, 0.3) is 21.5 Å². The number of rotatable bonds is 2. The second kappa shape index (κ2) is 6.44. The van der Waals surface area contributed by atoms with E-state index in [9.17, 15) is 18.0 Å². The molecule has 9 heteroatoms. The molecule has 2 aromatic heterocycles. The maximum Gasteiger partial charge on any atom is 0.454 e. The van der Waals surface area contributed by atoms with Crippen molar-refractivity contribution < 1.29 is 27.4 Å². The van der Waals surface area contributed by atoms with Gasteiger partial charge in [0.2, 0.25) is 6.79 Å². The van der Waals surface area contributed by atoms with Gasteiger partial charge in [-0.05, 0) is 30.0 Å². The molecule has 4 nitrogen and oxygen atoms in total. The lowest BCUT2D eigenvalue weighted by molar-refractivity contribution is -0.0885. The molecule has 0 N–H and O–H groups in total. The second-order valence-electron chi connectivity index (χ2n) is 5.49. The number of carbonyl (C=O) groups is 1. The molecular weight excluding hydrogens is 391 g/mol. The first kappa shape index (κ1) is 18.5. The van der Waals surface area contributed by atoms with Gasteiger partial charge in [0.15, 0.2) is 11.5 Å². The van der Waals surface area contributed by atoms with Gasteiger partial charge in [-0.2, -0.15) is 13.2 Å². The number of alkyl halides is 3. The molecule has 1 aliphatic heterocycles. The number of hydrogen-bond acceptors (Lipinski definition) is 5. The highest BCUT2D eigenvalue weighted by molar-refractivity contribution is 7.13. The molecule has 0 fully saturated rings. The number of hydrogen-bond donors (Lipinski definition) is 0. The third kappa shape index (κ3) is 2.89. The molecule has 0 spiro atoms. The van der Waals surface area contributed by atoms with Crippen LogP contribution in [-0.4, -0.2) is 23.7 Å². The van der Waals surface area contributed by atoms with Crippen LogP contribution in [0.3, 0.4) is 0 Å². The average Bonchev–Trinajstić information content (AvgIpc) is 3.23. The van der Waals surface area contributed by atoms with Crippen LogP contribution in [0.1, 0.15) is 15.9 Å². The molecule has 0 amide bonds. The van der Waals surface area contributed by atoms with Crippen LogP contribution in [0.4, 0.5) is 13.2 Å². The molecule has 3 heterocycles. The Kier molecular flexibility index (Phi) is 4.58. The SMILES string of the molecule is Cc1c(C(=O)C(F)(F)F)c(-c2cccs2)nc2cc3c(cc12)OCO3.Cl. The van der Waals surface area contributed by atoms with E-state index < -0.39 is 17.5 Å². The molecule has 1 aliphatic rings. The number of aromatic nitrogens is 1. The Labute approximate surface area is 156 Å². The van der Waals surface area contributed by atoms with Crippen LogP contribution < -0.4 is 9.47 Å². The maximum absolute atomic E-state index is 13.1. The molecule has 0 radical (unpaired) electrons. The first-order chi connectivity index (χ1) is 11.9. The summed E-state index contributed by atoms with van der Waals surface area (Å²) in [7, 11) is 0. The quantitative estimate of drug-likeness (QED) is 0.556. The second-order valence-corrected chi connectivity index (χ2v) is 6.43. The zero-order chi connectivity index (χ0) is 17.8. The average molecular weight is 402 g/mol. The van der Waals surface area contributed by atoms with Crippen molar-refractivity contribution in [2.24, 2.45) is 0 Å². The Hall–Kier alpha value is -2.32. The highest BCUT2D eigenvalue weighted by Crippen LogP contribution is 2.41. The number of fused-ring (bicyclic) bond motifs is 2. The number of nitrogens with zero attached hydrogens (tertiary/aromatic N) is 1. The molecule has 0 bridgehead atoms. The van der Waals surface area contributed by atoms with Gasteiger partial charge in [-0.25, -0.2) is 4.98 Å². The summed E-state index contributed by atoms with van der Waals surface area (Å²) in [5.41, 5.74) is 0.264. The first-order valence-corrected chi connectivity index (χ1v) is 8.13. The number of aryl methyl sites for hydroxylation is 1. The number of pyridine rings is 1. The van der Waals surface area contributed by atoms with E-state index in [2.05, 4.69) is 4.98 Å². The number of benzene rings is 1. The molecule has 0 unspecified atom stereocenters. The minimum absolute atomic E-state index is 0. The molecule has 3 aromatic rings. The Balaban J connectivity index is 0.00000196. The monoisotopic (exact) mass is 401 g/mol. The molecule has 0 saturated carbocycles. The van der Waals surface area contributed by atoms with Crippen molar-refractivity contribution in [3.05, 3.63) is 40.8 Å². The number of carbonyl (C=O) groups excluding carboxylic acids is 1. The number of thiophene rings is 1. The topological polar surface area (TPSA) is 48.4 Å². The lowest BCUT2D eigenvalue weighted by Crippen LogP contribution is -2.24. The predicted molar refractivity (Wildman–Crippen MR) is 93.5 cm³/mol. The Morgan fingerprint density at radius 3 is 2.54 bits per heavy atom. The van der Waals surface area contributed by atoms with Crippen molar-refractivity contribution >= 4 is 40.4 Å². The summed E-state index contributed by atoms with van der Waals surface area (Å²) < 4.78 is 50.0. The zero-order valence-corrected chi connectivity index (χ0v) is 14.8. The molecule has 4 rings (SSSR count). The van der Waals surface area contributed by atoms with E-state index in [0.29, 0.717) is 27.3 Å². The van der Waals surface area contributed by atoms with Crippen LogP contribution in [0.2, 0.25) is 0 Å². The molecule has 0 atom stereocenters. The van der Waals surface area contributed by atoms with Crippen molar-refractivity contribution in [2.45, 2.75) is 13.1 Å². The predicted octanol–water partition coefficient (Wildman–Crippen LogP) is 5.17. The van der Waals surface area contributed by atoms with Crippen LogP contribution in [-0.2, 0) is 0 Å². The highest BCUT2D eigenvalue weighted by Gasteiger charge is 2.42. The van der Waals surface area contributed by atoms with Gasteiger partial charge in [0.25, 0.3) is 5.78 Å². The molecule has 0 aliphatic carbocycles. The minimum Gasteiger partial charge on any atom is -0.454 e. The van der Waals surface area contributed by atoms with E-state index in [1.54, 1.807) is 29.6 Å². The number of Topliss-reactive ketones (excluding diaryl/α,β-unsaturated/α-hetero) is 1. The van der Waals surface area contributed by atoms with E-state index in [1.807, 2.05) is 0 Å². The van der Waals surface area contributed by atoms with Crippen molar-refractivity contribution in [3.8, 4) is 22.1 Å². The van der Waals surface area contributed by atoms with E-state index in [4.69, 9.17) is 9.47 Å². The lowest BCUT2D eigenvalue weighted by atomic mass is 9.97. The van der Waals surface area contributed by atoms with E-state index >= 15 is 0 Å². The van der Waals surface area contributed by atoms with Gasteiger partial charge in [-0.1, -0.05) is 6.07 Å². The summed E-state index contributed by atoms with van der Waals surface area (Å²) in [6.45, 7) is 1.53. The van der Waals surface area contributed by atoms with Gasteiger partial charge in [-0.15, -0.1) is 23.7 Å². The van der Waals surface area contributed by atoms with Crippen LogP contribution in [0.15, 0.2) is 29.6 Å². The van der Waals surface area contributed by atoms with Crippen molar-refractivity contribution in [1.82, 2.24) is 4.98 Å². The third-order valence-electron chi connectivity index (χ3n) is 3.98. The molecule has 0 saturated heterocycles.